The quantitative estimate of drug-likeness (QED) is 0.519. The average Bonchev–Trinajstić information content (AvgIpc) is 2.32. The maximum atomic E-state index is 3.39. The van der Waals surface area contributed by atoms with Crippen molar-refractivity contribution >= 4 is 0 Å². The van der Waals surface area contributed by atoms with E-state index in [9.17, 15) is 0 Å². The van der Waals surface area contributed by atoms with Gasteiger partial charge in [-0.2, -0.15) is 0 Å². The summed E-state index contributed by atoms with van der Waals surface area (Å²) < 4.78 is 0. The topological polar surface area (TPSA) is 12.0 Å². The van der Waals surface area contributed by atoms with E-state index in [0.717, 1.165) is 13.1 Å². The van der Waals surface area contributed by atoms with Gasteiger partial charge in [-0.1, -0.05) is 31.9 Å². The summed E-state index contributed by atoms with van der Waals surface area (Å²) in [6.07, 6.45) is 3.92. The van der Waals surface area contributed by atoms with Gasteiger partial charge in [0.05, 0.1) is 0 Å². The van der Waals surface area contributed by atoms with E-state index in [1.165, 1.54) is 19.3 Å². The lowest BCUT2D eigenvalue weighted by atomic mass is 9.86. The third-order valence-electron chi connectivity index (χ3n) is 3.45. The van der Waals surface area contributed by atoms with Crippen LogP contribution in [0, 0.1) is 5.41 Å². The van der Waals surface area contributed by atoms with Crippen LogP contribution < -0.4 is 5.32 Å². The van der Waals surface area contributed by atoms with Crippen LogP contribution >= 0.6 is 0 Å². The van der Waals surface area contributed by atoms with Crippen LogP contribution in [0.3, 0.4) is 0 Å². The Bertz CT molecular complexity index is 201. The summed E-state index contributed by atoms with van der Waals surface area (Å²) in [5, 5.41) is 3.39. The highest BCUT2D eigenvalue weighted by molar-refractivity contribution is 5.24. The van der Waals surface area contributed by atoms with Crippen LogP contribution in [-0.2, 0) is 0 Å². The fraction of sp³-hybridized carbons (Fsp3) is 0.833. The van der Waals surface area contributed by atoms with Crippen molar-refractivity contribution in [2.45, 2.75) is 47.0 Å². The van der Waals surface area contributed by atoms with Gasteiger partial charge in [0.2, 0.25) is 0 Å². The minimum atomic E-state index is 0.474. The zero-order chi connectivity index (χ0) is 9.90. The minimum absolute atomic E-state index is 0.474. The van der Waals surface area contributed by atoms with E-state index in [1.807, 2.05) is 0 Å². The summed E-state index contributed by atoms with van der Waals surface area (Å²) in [4.78, 5) is 0. The Morgan fingerprint density at radius 3 is 2.54 bits per heavy atom. The molecule has 1 aliphatic rings. The minimum Gasteiger partial charge on any atom is -0.317 e. The summed E-state index contributed by atoms with van der Waals surface area (Å²) >= 11 is 0. The van der Waals surface area contributed by atoms with Crippen molar-refractivity contribution in [2.24, 2.45) is 5.41 Å². The molecule has 0 aromatic heterocycles. The highest BCUT2D eigenvalue weighted by Gasteiger charge is 2.28. The summed E-state index contributed by atoms with van der Waals surface area (Å²) in [7, 11) is 0. The Kier molecular flexibility index (Phi) is 3.55. The molecule has 0 heterocycles. The van der Waals surface area contributed by atoms with Gasteiger partial charge in [0.25, 0.3) is 0 Å². The SMILES string of the molecule is CCNCCC1=C(C)C(C)(C)CC1. The molecular weight excluding hydrogens is 158 g/mol. The Balaban J connectivity index is 2.46. The molecule has 0 saturated heterocycles. The number of rotatable bonds is 4. The van der Waals surface area contributed by atoms with Crippen molar-refractivity contribution in [3.05, 3.63) is 11.1 Å². The number of hydrogen-bond acceptors (Lipinski definition) is 1. The lowest BCUT2D eigenvalue weighted by molar-refractivity contribution is 0.443. The van der Waals surface area contributed by atoms with Crippen molar-refractivity contribution in [3.8, 4) is 0 Å². The second-order valence-corrected chi connectivity index (χ2v) is 4.72. The molecule has 0 bridgehead atoms. The Morgan fingerprint density at radius 1 is 1.38 bits per heavy atom. The van der Waals surface area contributed by atoms with E-state index < -0.39 is 0 Å². The lowest BCUT2D eigenvalue weighted by Gasteiger charge is -2.19. The van der Waals surface area contributed by atoms with Crippen molar-refractivity contribution in [2.75, 3.05) is 13.1 Å². The van der Waals surface area contributed by atoms with Gasteiger partial charge in [0.1, 0.15) is 0 Å². The van der Waals surface area contributed by atoms with Crippen molar-refractivity contribution < 1.29 is 0 Å². The van der Waals surface area contributed by atoms with Crippen molar-refractivity contribution in [1.29, 1.82) is 0 Å². The summed E-state index contributed by atoms with van der Waals surface area (Å²) in [5.41, 5.74) is 3.82. The van der Waals surface area contributed by atoms with Crippen LogP contribution in [0.4, 0.5) is 0 Å². The molecule has 1 rings (SSSR count). The highest BCUT2D eigenvalue weighted by atomic mass is 14.8. The monoisotopic (exact) mass is 181 g/mol. The van der Waals surface area contributed by atoms with Crippen LogP contribution in [-0.4, -0.2) is 13.1 Å². The van der Waals surface area contributed by atoms with Crippen LogP contribution in [0.2, 0.25) is 0 Å². The normalized spacial score (nSPS) is 21.2. The van der Waals surface area contributed by atoms with Crippen LogP contribution in [0.1, 0.15) is 47.0 Å². The number of allylic oxidation sites excluding steroid dienone is 1. The van der Waals surface area contributed by atoms with Gasteiger partial charge in [-0.25, -0.2) is 0 Å². The fourth-order valence-corrected chi connectivity index (χ4v) is 2.05. The van der Waals surface area contributed by atoms with Gasteiger partial charge in [-0.3, -0.25) is 0 Å². The largest absolute Gasteiger partial charge is 0.317 e. The highest BCUT2D eigenvalue weighted by Crippen LogP contribution is 2.42. The molecule has 13 heavy (non-hydrogen) atoms. The van der Waals surface area contributed by atoms with Gasteiger partial charge in [-0.15, -0.1) is 0 Å². The Morgan fingerprint density at radius 2 is 2.08 bits per heavy atom. The first-order valence-electron chi connectivity index (χ1n) is 5.47. The fourth-order valence-electron chi connectivity index (χ4n) is 2.05. The molecule has 0 aliphatic heterocycles. The van der Waals surface area contributed by atoms with E-state index >= 15 is 0 Å². The smallest absolute Gasteiger partial charge is 0.00116 e. The van der Waals surface area contributed by atoms with Crippen LogP contribution in [0.15, 0.2) is 11.1 Å². The van der Waals surface area contributed by atoms with Gasteiger partial charge < -0.3 is 5.32 Å². The summed E-state index contributed by atoms with van der Waals surface area (Å²) in [6.45, 7) is 11.5. The molecule has 0 saturated carbocycles. The first-order chi connectivity index (χ1) is 6.08. The first-order valence-corrected chi connectivity index (χ1v) is 5.47. The predicted molar refractivity (Wildman–Crippen MR) is 58.9 cm³/mol. The van der Waals surface area contributed by atoms with Crippen molar-refractivity contribution in [3.63, 3.8) is 0 Å². The Hall–Kier alpha value is -0.300. The second kappa shape index (κ2) is 4.28. The summed E-state index contributed by atoms with van der Waals surface area (Å²) in [6, 6.07) is 0. The molecular formula is C12H23N. The Labute approximate surface area is 82.6 Å². The standard InChI is InChI=1S/C12H23N/c1-5-13-9-7-11-6-8-12(3,4)10(11)2/h13H,5-9H2,1-4H3. The van der Waals surface area contributed by atoms with Crippen molar-refractivity contribution in [1.82, 2.24) is 5.32 Å². The zero-order valence-electron chi connectivity index (χ0n) is 9.54. The van der Waals surface area contributed by atoms with Gasteiger partial charge in [-0.05, 0) is 44.7 Å². The molecule has 1 nitrogen and oxygen atoms in total. The molecule has 0 amide bonds. The molecule has 0 spiro atoms. The molecule has 0 unspecified atom stereocenters. The van der Waals surface area contributed by atoms with Gasteiger partial charge in [0, 0.05) is 0 Å². The van der Waals surface area contributed by atoms with E-state index in [4.69, 9.17) is 0 Å². The van der Waals surface area contributed by atoms with Gasteiger partial charge in [0.15, 0.2) is 0 Å². The maximum absolute atomic E-state index is 3.39. The molecule has 0 atom stereocenters. The van der Waals surface area contributed by atoms with Crippen LogP contribution in [0.5, 0.6) is 0 Å². The average molecular weight is 181 g/mol. The molecule has 0 fully saturated rings. The molecule has 0 aromatic carbocycles. The molecule has 0 radical (unpaired) electrons. The second-order valence-electron chi connectivity index (χ2n) is 4.72. The third-order valence-corrected chi connectivity index (χ3v) is 3.45. The van der Waals surface area contributed by atoms with E-state index in [2.05, 4.69) is 33.0 Å². The molecule has 1 aliphatic carbocycles. The van der Waals surface area contributed by atoms with Gasteiger partial charge >= 0.3 is 0 Å². The van der Waals surface area contributed by atoms with E-state index in [-0.39, 0.29) is 0 Å². The first kappa shape index (κ1) is 10.8. The zero-order valence-corrected chi connectivity index (χ0v) is 9.54. The number of nitrogens with one attached hydrogen (secondary N) is 1. The summed E-state index contributed by atoms with van der Waals surface area (Å²) in [5.74, 6) is 0. The molecule has 1 heteroatoms. The van der Waals surface area contributed by atoms with Crippen LogP contribution in [0.25, 0.3) is 0 Å². The third kappa shape index (κ3) is 2.57. The molecule has 76 valence electrons. The predicted octanol–water partition coefficient (Wildman–Crippen LogP) is 3.12. The van der Waals surface area contributed by atoms with E-state index in [1.54, 1.807) is 11.1 Å². The molecule has 1 N–H and O–H groups in total. The lowest BCUT2D eigenvalue weighted by Crippen LogP contribution is -2.14. The molecule has 0 aromatic rings. The number of hydrogen-bond donors (Lipinski definition) is 1. The van der Waals surface area contributed by atoms with E-state index in [0.29, 0.717) is 5.41 Å². The maximum Gasteiger partial charge on any atom is -0.00116 e.